The molecular formula is C22H15BrClN3O3. The topological polar surface area (TPSA) is 76.5 Å². The maximum Gasteiger partial charge on any atom is 0.349 e. The van der Waals surface area contributed by atoms with Crippen molar-refractivity contribution in [2.45, 2.75) is 6.61 Å². The van der Waals surface area contributed by atoms with Crippen LogP contribution in [-0.4, -0.2) is 15.9 Å². The van der Waals surface area contributed by atoms with E-state index in [9.17, 15) is 9.59 Å². The van der Waals surface area contributed by atoms with Crippen LogP contribution in [0.15, 0.2) is 85.9 Å². The van der Waals surface area contributed by atoms with Crippen molar-refractivity contribution in [3.8, 4) is 5.75 Å². The Morgan fingerprint density at radius 2 is 1.83 bits per heavy atom. The highest BCUT2D eigenvalue weighted by Crippen LogP contribution is 2.23. The molecule has 1 heterocycles. The van der Waals surface area contributed by atoms with Gasteiger partial charge in [0.15, 0.2) is 0 Å². The van der Waals surface area contributed by atoms with Crippen molar-refractivity contribution in [2.75, 3.05) is 0 Å². The molecule has 1 aromatic heterocycles. The van der Waals surface area contributed by atoms with Crippen molar-refractivity contribution in [3.63, 3.8) is 0 Å². The van der Waals surface area contributed by atoms with E-state index in [1.807, 2.05) is 24.3 Å². The summed E-state index contributed by atoms with van der Waals surface area (Å²) in [5.41, 5.74) is 0.844. The number of nitrogens with zero attached hydrogens (tertiary/aromatic N) is 2. The molecular weight excluding hydrogens is 470 g/mol. The van der Waals surface area contributed by atoms with E-state index in [0.29, 0.717) is 33.8 Å². The van der Waals surface area contributed by atoms with Crippen molar-refractivity contribution in [3.05, 3.63) is 108 Å². The summed E-state index contributed by atoms with van der Waals surface area (Å²) in [6.45, 7) is 0.340. The number of benzene rings is 3. The van der Waals surface area contributed by atoms with Crippen LogP contribution in [0.5, 0.6) is 5.75 Å². The minimum Gasteiger partial charge on any atom is -0.488 e. The summed E-state index contributed by atoms with van der Waals surface area (Å²) in [5, 5.41) is 4.93. The number of aromatic nitrogens is 2. The van der Waals surface area contributed by atoms with Gasteiger partial charge in [-0.3, -0.25) is 4.79 Å². The van der Waals surface area contributed by atoms with Gasteiger partial charge >= 0.3 is 5.69 Å². The van der Waals surface area contributed by atoms with Crippen LogP contribution >= 0.6 is 27.5 Å². The number of hydrogen-bond donors (Lipinski definition) is 1. The van der Waals surface area contributed by atoms with Crippen LogP contribution in [0, 0.1) is 0 Å². The molecule has 0 saturated carbocycles. The molecule has 0 fully saturated rings. The largest absolute Gasteiger partial charge is 0.488 e. The molecule has 0 aliphatic carbocycles. The van der Waals surface area contributed by atoms with Crippen LogP contribution in [0.3, 0.4) is 0 Å². The number of fused-ring (bicyclic) bond motifs is 1. The highest BCUT2D eigenvalue weighted by molar-refractivity contribution is 9.10. The van der Waals surface area contributed by atoms with Crippen LogP contribution in [0.1, 0.15) is 11.1 Å². The molecule has 0 radical (unpaired) electrons. The zero-order chi connectivity index (χ0) is 21.1. The number of hydrogen-bond acceptors (Lipinski definition) is 4. The number of para-hydroxylation sites is 1. The van der Waals surface area contributed by atoms with E-state index in [2.05, 4.69) is 26.0 Å². The molecule has 1 N–H and O–H groups in total. The van der Waals surface area contributed by atoms with Gasteiger partial charge in [-0.25, -0.2) is 4.79 Å². The summed E-state index contributed by atoms with van der Waals surface area (Å²) in [6, 6.07) is 19.6. The van der Waals surface area contributed by atoms with Crippen molar-refractivity contribution < 1.29 is 4.74 Å². The Labute approximate surface area is 184 Å². The third-order valence-corrected chi connectivity index (χ3v) is 5.14. The van der Waals surface area contributed by atoms with Gasteiger partial charge in [0.1, 0.15) is 12.4 Å². The Morgan fingerprint density at radius 3 is 2.63 bits per heavy atom. The van der Waals surface area contributed by atoms with E-state index in [1.54, 1.807) is 42.5 Å². The number of nitrogens with one attached hydrogen (secondary N) is 1. The van der Waals surface area contributed by atoms with Crippen LogP contribution in [0.2, 0.25) is 5.02 Å². The van der Waals surface area contributed by atoms with Gasteiger partial charge in [-0.2, -0.15) is 5.10 Å². The second-order valence-corrected chi connectivity index (χ2v) is 7.79. The van der Waals surface area contributed by atoms with Crippen LogP contribution in [0.4, 0.5) is 0 Å². The van der Waals surface area contributed by atoms with E-state index in [4.69, 9.17) is 16.3 Å². The Kier molecular flexibility index (Phi) is 5.83. The van der Waals surface area contributed by atoms with Crippen molar-refractivity contribution in [1.29, 1.82) is 0 Å². The Morgan fingerprint density at radius 1 is 1.07 bits per heavy atom. The molecule has 4 aromatic rings. The van der Waals surface area contributed by atoms with E-state index in [0.717, 1.165) is 14.7 Å². The molecule has 0 aliphatic heterocycles. The van der Waals surface area contributed by atoms with Crippen LogP contribution < -0.4 is 16.0 Å². The maximum absolute atomic E-state index is 12.6. The first-order valence-electron chi connectivity index (χ1n) is 8.96. The average molecular weight is 485 g/mol. The third kappa shape index (κ3) is 4.37. The SMILES string of the molecule is O=c1[nH]c2ccccc2c(=O)n1N=Cc1cc(Cl)ccc1OCc1ccc(Br)cc1. The van der Waals surface area contributed by atoms with E-state index in [-0.39, 0.29) is 0 Å². The zero-order valence-corrected chi connectivity index (χ0v) is 17.9. The number of ether oxygens (including phenoxy) is 1. The second kappa shape index (κ2) is 8.69. The Balaban J connectivity index is 1.66. The lowest BCUT2D eigenvalue weighted by atomic mass is 10.2. The average Bonchev–Trinajstić information content (AvgIpc) is 2.74. The molecule has 0 saturated heterocycles. The van der Waals surface area contributed by atoms with Crippen molar-refractivity contribution in [1.82, 2.24) is 9.66 Å². The minimum absolute atomic E-state index is 0.340. The fourth-order valence-corrected chi connectivity index (χ4v) is 3.32. The molecule has 8 heteroatoms. The fraction of sp³-hybridized carbons (Fsp3) is 0.0455. The van der Waals surface area contributed by atoms with E-state index < -0.39 is 11.2 Å². The second-order valence-electron chi connectivity index (χ2n) is 6.43. The van der Waals surface area contributed by atoms with Gasteiger partial charge < -0.3 is 9.72 Å². The first-order chi connectivity index (χ1) is 14.5. The molecule has 0 spiro atoms. The summed E-state index contributed by atoms with van der Waals surface area (Å²) in [4.78, 5) is 27.6. The lowest BCUT2D eigenvalue weighted by Crippen LogP contribution is -2.32. The van der Waals surface area contributed by atoms with Crippen molar-refractivity contribution in [2.24, 2.45) is 5.10 Å². The molecule has 6 nitrogen and oxygen atoms in total. The maximum atomic E-state index is 12.6. The number of halogens is 2. The molecule has 0 aliphatic rings. The normalized spacial score (nSPS) is 11.3. The molecule has 4 rings (SSSR count). The summed E-state index contributed by atoms with van der Waals surface area (Å²) in [6.07, 6.45) is 1.38. The van der Waals surface area contributed by atoms with E-state index in [1.165, 1.54) is 6.21 Å². The predicted molar refractivity (Wildman–Crippen MR) is 122 cm³/mol. The van der Waals surface area contributed by atoms with E-state index >= 15 is 0 Å². The van der Waals surface area contributed by atoms with Crippen LogP contribution in [-0.2, 0) is 6.61 Å². The van der Waals surface area contributed by atoms with Gasteiger partial charge in [0.05, 0.1) is 17.1 Å². The van der Waals surface area contributed by atoms with Gasteiger partial charge in [0.2, 0.25) is 0 Å². The molecule has 0 amide bonds. The molecule has 150 valence electrons. The Bertz CT molecular complexity index is 1360. The predicted octanol–water partition coefficient (Wildman–Crippen LogP) is 4.57. The standard InChI is InChI=1S/C22H15BrClN3O3/c23-16-7-5-14(6-8-16)13-30-20-10-9-17(24)11-15(20)12-25-27-21(28)18-3-1-2-4-19(18)26-22(27)29/h1-12H,13H2,(H,26,29). The zero-order valence-electron chi connectivity index (χ0n) is 15.5. The molecule has 3 aromatic carbocycles. The monoisotopic (exact) mass is 483 g/mol. The summed E-state index contributed by atoms with van der Waals surface area (Å²) in [5.74, 6) is 0.524. The minimum atomic E-state index is -0.630. The lowest BCUT2D eigenvalue weighted by Gasteiger charge is -2.10. The molecule has 0 atom stereocenters. The smallest absolute Gasteiger partial charge is 0.349 e. The van der Waals surface area contributed by atoms with Gasteiger partial charge in [-0.05, 0) is 48.0 Å². The molecule has 0 unspecified atom stereocenters. The Hall–Kier alpha value is -3.16. The van der Waals surface area contributed by atoms with Gasteiger partial charge in [0, 0.05) is 15.1 Å². The first kappa shape index (κ1) is 20.1. The van der Waals surface area contributed by atoms with Crippen LogP contribution in [0.25, 0.3) is 10.9 Å². The highest BCUT2D eigenvalue weighted by Gasteiger charge is 2.08. The van der Waals surface area contributed by atoms with Crippen molar-refractivity contribution >= 4 is 44.6 Å². The summed E-state index contributed by atoms with van der Waals surface area (Å²) < 4.78 is 7.66. The van der Waals surface area contributed by atoms with Gasteiger partial charge in [-0.15, -0.1) is 4.68 Å². The molecule has 0 bridgehead atoms. The van der Waals surface area contributed by atoms with Gasteiger partial charge in [-0.1, -0.05) is 51.8 Å². The highest BCUT2D eigenvalue weighted by atomic mass is 79.9. The molecule has 30 heavy (non-hydrogen) atoms. The lowest BCUT2D eigenvalue weighted by molar-refractivity contribution is 0.306. The summed E-state index contributed by atoms with van der Waals surface area (Å²) in [7, 11) is 0. The quantitative estimate of drug-likeness (QED) is 0.422. The number of rotatable bonds is 5. The first-order valence-corrected chi connectivity index (χ1v) is 10.1. The number of H-pyrrole nitrogens is 1. The number of aromatic amines is 1. The third-order valence-electron chi connectivity index (χ3n) is 4.38. The van der Waals surface area contributed by atoms with Gasteiger partial charge in [0.25, 0.3) is 5.56 Å². The fourth-order valence-electron chi connectivity index (χ4n) is 2.87. The summed E-state index contributed by atoms with van der Waals surface area (Å²) >= 11 is 9.52.